The number of unbranched alkanes of at least 4 members (excludes halogenated alkanes) is 4. The number of carbonyl (C=O) groups excluding carboxylic acids is 1. The number of carboxylic acids is 1. The molecule has 100 valence electrons. The maximum absolute atomic E-state index is 11.2. The first-order valence-electron chi connectivity index (χ1n) is 6.15. The van der Waals surface area contributed by atoms with Crippen molar-refractivity contribution in [1.82, 2.24) is 0 Å². The zero-order valence-electron chi connectivity index (χ0n) is 10.2. The minimum atomic E-state index is -0.770. The van der Waals surface area contributed by atoms with Gasteiger partial charge >= 0.3 is 11.9 Å². The Morgan fingerprint density at radius 2 is 1.53 bits per heavy atom. The predicted molar refractivity (Wildman–Crippen MR) is 62.6 cm³/mol. The van der Waals surface area contributed by atoms with Crippen LogP contribution in [0.1, 0.15) is 51.4 Å². The van der Waals surface area contributed by atoms with Gasteiger partial charge in [-0.3, -0.25) is 9.59 Å². The van der Waals surface area contributed by atoms with Crippen molar-refractivity contribution in [2.45, 2.75) is 51.4 Å². The van der Waals surface area contributed by atoms with E-state index in [9.17, 15) is 9.59 Å². The lowest BCUT2D eigenvalue weighted by molar-refractivity contribution is -0.144. The predicted octanol–water partition coefficient (Wildman–Crippen LogP) is 1.73. The van der Waals surface area contributed by atoms with Crippen molar-refractivity contribution in [2.75, 3.05) is 13.2 Å². The summed E-state index contributed by atoms with van der Waals surface area (Å²) in [4.78, 5) is 21.4. The normalized spacial score (nSPS) is 10.2. The largest absolute Gasteiger partial charge is 0.481 e. The van der Waals surface area contributed by atoms with E-state index in [-0.39, 0.29) is 19.0 Å². The standard InChI is InChI=1S/C12H22O5/c13-9-5-6-10-17-12(16)8-4-2-1-3-7-11(14)15/h13H,1-10H2,(H,14,15). The van der Waals surface area contributed by atoms with E-state index in [1.165, 1.54) is 0 Å². The molecule has 5 heteroatoms. The topological polar surface area (TPSA) is 83.8 Å². The fourth-order valence-electron chi connectivity index (χ4n) is 1.37. The Morgan fingerprint density at radius 1 is 0.882 bits per heavy atom. The molecule has 2 N–H and O–H groups in total. The van der Waals surface area contributed by atoms with Crippen molar-refractivity contribution < 1.29 is 24.5 Å². The van der Waals surface area contributed by atoms with Crippen LogP contribution >= 0.6 is 0 Å². The van der Waals surface area contributed by atoms with Gasteiger partial charge in [0, 0.05) is 19.4 Å². The third-order valence-corrected chi connectivity index (χ3v) is 2.34. The van der Waals surface area contributed by atoms with Gasteiger partial charge in [0.2, 0.25) is 0 Å². The average molecular weight is 246 g/mol. The molecule has 0 aliphatic heterocycles. The van der Waals surface area contributed by atoms with Crippen molar-refractivity contribution >= 4 is 11.9 Å². The number of carboxylic acid groups (broad SMARTS) is 1. The molecule has 5 nitrogen and oxygen atoms in total. The molecule has 0 aromatic rings. The second-order valence-electron chi connectivity index (χ2n) is 3.96. The molecule has 0 rings (SSSR count). The second kappa shape index (κ2) is 11.4. The van der Waals surface area contributed by atoms with Crippen molar-refractivity contribution in [3.05, 3.63) is 0 Å². The lowest BCUT2D eigenvalue weighted by Gasteiger charge is -2.03. The number of aliphatic hydroxyl groups excluding tert-OH is 1. The van der Waals surface area contributed by atoms with Gasteiger partial charge in [0.05, 0.1) is 6.61 Å². The highest BCUT2D eigenvalue weighted by molar-refractivity contribution is 5.69. The minimum absolute atomic E-state index is 0.126. The van der Waals surface area contributed by atoms with Crippen LogP contribution in [0.15, 0.2) is 0 Å². The molecule has 0 spiro atoms. The third kappa shape index (κ3) is 12.8. The molecule has 0 aliphatic rings. The van der Waals surface area contributed by atoms with E-state index in [0.29, 0.717) is 32.3 Å². The monoisotopic (exact) mass is 246 g/mol. The average Bonchev–Trinajstić information content (AvgIpc) is 2.29. The fraction of sp³-hybridized carbons (Fsp3) is 0.833. The van der Waals surface area contributed by atoms with Crippen LogP contribution in [0.3, 0.4) is 0 Å². The first kappa shape index (κ1) is 15.9. The molecule has 0 aromatic heterocycles. The van der Waals surface area contributed by atoms with Crippen LogP contribution in [0.5, 0.6) is 0 Å². The highest BCUT2D eigenvalue weighted by atomic mass is 16.5. The van der Waals surface area contributed by atoms with Crippen LogP contribution in [0, 0.1) is 0 Å². The first-order chi connectivity index (χ1) is 8.16. The Balaban J connectivity index is 3.19. The van der Waals surface area contributed by atoms with Crippen molar-refractivity contribution in [1.29, 1.82) is 0 Å². The molecule has 0 unspecified atom stereocenters. The Morgan fingerprint density at radius 3 is 2.12 bits per heavy atom. The lowest BCUT2D eigenvalue weighted by atomic mass is 10.1. The molecule has 0 atom stereocenters. The highest BCUT2D eigenvalue weighted by Gasteiger charge is 2.02. The van der Waals surface area contributed by atoms with E-state index in [1.54, 1.807) is 0 Å². The molecule has 0 amide bonds. The van der Waals surface area contributed by atoms with Gasteiger partial charge in [0.15, 0.2) is 0 Å². The molecule has 0 radical (unpaired) electrons. The Labute approximate surface area is 102 Å². The van der Waals surface area contributed by atoms with Gasteiger partial charge in [0.25, 0.3) is 0 Å². The van der Waals surface area contributed by atoms with Crippen LogP contribution < -0.4 is 0 Å². The van der Waals surface area contributed by atoms with Crippen molar-refractivity contribution in [2.24, 2.45) is 0 Å². The molecule has 0 saturated heterocycles. The number of rotatable bonds is 11. The summed E-state index contributed by atoms with van der Waals surface area (Å²) in [5, 5.41) is 16.9. The van der Waals surface area contributed by atoms with Gasteiger partial charge in [-0.05, 0) is 25.7 Å². The summed E-state index contributed by atoms with van der Waals surface area (Å²) < 4.78 is 4.94. The number of hydrogen-bond acceptors (Lipinski definition) is 4. The van der Waals surface area contributed by atoms with Gasteiger partial charge < -0.3 is 14.9 Å². The minimum Gasteiger partial charge on any atom is -0.481 e. The molecule has 0 aliphatic carbocycles. The second-order valence-corrected chi connectivity index (χ2v) is 3.96. The molecule has 0 bridgehead atoms. The van der Waals surface area contributed by atoms with Crippen LogP contribution in [0.2, 0.25) is 0 Å². The summed E-state index contributed by atoms with van der Waals surface area (Å²) in [5.41, 5.74) is 0. The van der Waals surface area contributed by atoms with Crippen molar-refractivity contribution in [3.8, 4) is 0 Å². The quantitative estimate of drug-likeness (QED) is 0.428. The maximum Gasteiger partial charge on any atom is 0.305 e. The van der Waals surface area contributed by atoms with Crippen LogP contribution in [0.25, 0.3) is 0 Å². The highest BCUT2D eigenvalue weighted by Crippen LogP contribution is 2.06. The molecule has 17 heavy (non-hydrogen) atoms. The number of aliphatic carboxylic acids is 1. The molecular formula is C12H22O5. The summed E-state index contributed by atoms with van der Waals surface area (Å²) in [6.07, 6.45) is 5.06. The van der Waals surface area contributed by atoms with Gasteiger partial charge in [-0.15, -0.1) is 0 Å². The number of esters is 1. The number of aliphatic hydroxyl groups is 1. The van der Waals surface area contributed by atoms with Crippen molar-refractivity contribution in [3.63, 3.8) is 0 Å². The molecule has 0 fully saturated rings. The summed E-state index contributed by atoms with van der Waals surface area (Å²) >= 11 is 0. The van der Waals surface area contributed by atoms with E-state index < -0.39 is 5.97 Å². The van der Waals surface area contributed by atoms with Crippen LogP contribution in [-0.2, 0) is 14.3 Å². The van der Waals surface area contributed by atoms with Gasteiger partial charge in [-0.25, -0.2) is 0 Å². The Kier molecular flexibility index (Phi) is 10.7. The number of hydrogen-bond donors (Lipinski definition) is 2. The molecular weight excluding hydrogens is 224 g/mol. The number of carbonyl (C=O) groups is 2. The summed E-state index contributed by atoms with van der Waals surface area (Å²) in [5.74, 6) is -0.977. The van der Waals surface area contributed by atoms with E-state index in [2.05, 4.69) is 0 Å². The summed E-state index contributed by atoms with van der Waals surface area (Å²) in [6.45, 7) is 0.500. The SMILES string of the molecule is O=C(O)CCCCCCC(=O)OCCCCO. The van der Waals surface area contributed by atoms with Gasteiger partial charge in [-0.2, -0.15) is 0 Å². The van der Waals surface area contributed by atoms with Gasteiger partial charge in [-0.1, -0.05) is 12.8 Å². The van der Waals surface area contributed by atoms with Crippen LogP contribution in [-0.4, -0.2) is 35.4 Å². The zero-order valence-corrected chi connectivity index (χ0v) is 10.2. The van der Waals surface area contributed by atoms with E-state index in [1.807, 2.05) is 0 Å². The van der Waals surface area contributed by atoms with Gasteiger partial charge in [0.1, 0.15) is 0 Å². The maximum atomic E-state index is 11.2. The van der Waals surface area contributed by atoms with E-state index >= 15 is 0 Å². The fourth-order valence-corrected chi connectivity index (χ4v) is 1.37. The van der Waals surface area contributed by atoms with E-state index in [0.717, 1.165) is 19.3 Å². The Hall–Kier alpha value is -1.10. The third-order valence-electron chi connectivity index (χ3n) is 2.34. The Bertz CT molecular complexity index is 215. The number of ether oxygens (including phenoxy) is 1. The summed E-state index contributed by atoms with van der Waals surface area (Å²) in [7, 11) is 0. The molecule has 0 saturated carbocycles. The van der Waals surface area contributed by atoms with Crippen LogP contribution in [0.4, 0.5) is 0 Å². The lowest BCUT2D eigenvalue weighted by Crippen LogP contribution is -2.06. The molecule has 0 heterocycles. The zero-order chi connectivity index (χ0) is 12.9. The summed E-state index contributed by atoms with van der Waals surface area (Å²) in [6, 6.07) is 0. The smallest absolute Gasteiger partial charge is 0.305 e. The molecule has 0 aromatic carbocycles. The first-order valence-corrected chi connectivity index (χ1v) is 6.15. The van der Waals surface area contributed by atoms with E-state index in [4.69, 9.17) is 14.9 Å².